The number of methoxy groups -OCH3 is 1. The average Bonchev–Trinajstić information content (AvgIpc) is 2.79. The lowest BCUT2D eigenvalue weighted by Gasteiger charge is -2.39. The molecule has 182 valence electrons. The number of hydrogen-bond acceptors (Lipinski definition) is 4. The minimum absolute atomic E-state index is 0.0878. The van der Waals surface area contributed by atoms with E-state index in [1.807, 2.05) is 18.2 Å². The fraction of sp³-hybridized carbons (Fsp3) is 0.423. The minimum atomic E-state index is -4.42. The van der Waals surface area contributed by atoms with Crippen molar-refractivity contribution in [1.29, 1.82) is 0 Å². The number of benzene rings is 2. The maximum absolute atomic E-state index is 13.0. The van der Waals surface area contributed by atoms with Gasteiger partial charge in [0.05, 0.1) is 18.6 Å². The summed E-state index contributed by atoms with van der Waals surface area (Å²) < 4.78 is 49.9. The summed E-state index contributed by atoms with van der Waals surface area (Å²) in [6.07, 6.45) is -2.57. The van der Waals surface area contributed by atoms with Crippen LogP contribution in [0.4, 0.5) is 13.2 Å². The highest BCUT2D eigenvalue weighted by atomic mass is 19.4. The van der Waals surface area contributed by atoms with E-state index in [0.29, 0.717) is 11.3 Å². The Bertz CT molecular complexity index is 1100. The van der Waals surface area contributed by atoms with Gasteiger partial charge in [0.15, 0.2) is 0 Å². The summed E-state index contributed by atoms with van der Waals surface area (Å²) in [5, 5.41) is 2.71. The highest BCUT2D eigenvalue weighted by Crippen LogP contribution is 2.36. The Balaban J connectivity index is 1.41. The van der Waals surface area contributed by atoms with Crippen molar-refractivity contribution in [3.8, 4) is 11.5 Å². The number of alkyl halides is 3. The number of allylic oxidation sites excluding steroid dienone is 1. The molecule has 1 saturated heterocycles. The largest absolute Gasteiger partial charge is 0.496 e. The van der Waals surface area contributed by atoms with E-state index in [1.54, 1.807) is 7.05 Å². The molecule has 0 unspecified atom stereocenters. The van der Waals surface area contributed by atoms with E-state index in [4.69, 9.17) is 9.47 Å². The van der Waals surface area contributed by atoms with Crippen LogP contribution in [0.15, 0.2) is 42.0 Å². The molecular weight excluding hydrogens is 445 g/mol. The van der Waals surface area contributed by atoms with E-state index in [1.165, 1.54) is 35.4 Å². The van der Waals surface area contributed by atoms with Crippen molar-refractivity contribution in [1.82, 2.24) is 10.2 Å². The number of carbonyl (C=O) groups excluding carboxylic acids is 1. The van der Waals surface area contributed by atoms with Gasteiger partial charge in [-0.2, -0.15) is 13.2 Å². The van der Waals surface area contributed by atoms with Gasteiger partial charge in [0.2, 0.25) is 5.91 Å². The molecule has 2 aromatic carbocycles. The van der Waals surface area contributed by atoms with Gasteiger partial charge in [0.1, 0.15) is 18.1 Å². The number of likely N-dealkylation sites (tertiary alicyclic amines) is 1. The summed E-state index contributed by atoms with van der Waals surface area (Å²) in [5.74, 6) is 1.02. The number of rotatable bonds is 7. The Morgan fingerprint density at radius 3 is 2.59 bits per heavy atom. The molecule has 5 nitrogen and oxygen atoms in total. The molecule has 0 spiro atoms. The predicted molar refractivity (Wildman–Crippen MR) is 124 cm³/mol. The van der Waals surface area contributed by atoms with Crippen molar-refractivity contribution in [2.45, 2.75) is 32.5 Å². The monoisotopic (exact) mass is 474 g/mol. The third-order valence-electron chi connectivity index (χ3n) is 6.70. The lowest BCUT2D eigenvalue weighted by molar-refractivity contribution is -0.137. The molecule has 2 aliphatic rings. The zero-order chi connectivity index (χ0) is 24.5. The molecule has 34 heavy (non-hydrogen) atoms. The molecular formula is C26H29F3N2O3. The Morgan fingerprint density at radius 2 is 1.91 bits per heavy atom. The Morgan fingerprint density at radius 1 is 1.15 bits per heavy atom. The van der Waals surface area contributed by atoms with E-state index < -0.39 is 11.7 Å². The molecule has 2 aromatic rings. The first-order chi connectivity index (χ1) is 16.2. The van der Waals surface area contributed by atoms with Crippen LogP contribution in [0.1, 0.15) is 35.6 Å². The van der Waals surface area contributed by atoms with Crippen LogP contribution in [0.2, 0.25) is 0 Å². The van der Waals surface area contributed by atoms with E-state index in [9.17, 15) is 18.0 Å². The van der Waals surface area contributed by atoms with Gasteiger partial charge in [-0.3, -0.25) is 9.69 Å². The second-order valence-electron chi connectivity index (χ2n) is 8.87. The predicted octanol–water partition coefficient (Wildman–Crippen LogP) is 4.69. The first-order valence-corrected chi connectivity index (χ1v) is 11.3. The number of fused-ring (bicyclic) bond motifs is 1. The highest BCUT2D eigenvalue weighted by molar-refractivity contribution is 5.79. The summed E-state index contributed by atoms with van der Waals surface area (Å²) in [4.78, 5) is 14.0. The van der Waals surface area contributed by atoms with Gasteiger partial charge in [0.25, 0.3) is 0 Å². The number of aryl methyl sites for hydroxylation is 1. The molecule has 0 saturated carbocycles. The van der Waals surface area contributed by atoms with Crippen LogP contribution in [0.25, 0.3) is 5.57 Å². The van der Waals surface area contributed by atoms with E-state index in [-0.39, 0.29) is 24.2 Å². The summed E-state index contributed by atoms with van der Waals surface area (Å²) in [6.45, 7) is 4.72. The number of nitrogens with zero attached hydrogens (tertiary/aromatic N) is 1. The molecule has 0 bridgehead atoms. The second kappa shape index (κ2) is 9.70. The molecule has 4 rings (SSSR count). The van der Waals surface area contributed by atoms with Crippen LogP contribution in [-0.2, 0) is 24.0 Å². The van der Waals surface area contributed by atoms with Crippen LogP contribution >= 0.6 is 0 Å². The van der Waals surface area contributed by atoms with Crippen molar-refractivity contribution in [2.24, 2.45) is 5.92 Å². The summed E-state index contributed by atoms with van der Waals surface area (Å²) in [7, 11) is 3.03. The quantitative estimate of drug-likeness (QED) is 0.633. The van der Waals surface area contributed by atoms with Gasteiger partial charge in [0, 0.05) is 32.2 Å². The van der Waals surface area contributed by atoms with Crippen LogP contribution < -0.4 is 14.8 Å². The molecule has 0 aromatic heterocycles. The maximum Gasteiger partial charge on any atom is 0.416 e. The molecule has 1 amide bonds. The topological polar surface area (TPSA) is 50.8 Å². The van der Waals surface area contributed by atoms with E-state index in [2.05, 4.69) is 17.1 Å². The van der Waals surface area contributed by atoms with Crippen LogP contribution in [0.5, 0.6) is 11.5 Å². The molecule has 1 fully saturated rings. The van der Waals surface area contributed by atoms with Crippen molar-refractivity contribution < 1.29 is 27.4 Å². The van der Waals surface area contributed by atoms with Crippen molar-refractivity contribution in [3.05, 3.63) is 64.2 Å². The van der Waals surface area contributed by atoms with Crippen molar-refractivity contribution in [3.63, 3.8) is 0 Å². The number of nitrogens with one attached hydrogen (secondary N) is 1. The first kappa shape index (κ1) is 24.1. The molecule has 1 heterocycles. The lowest BCUT2D eigenvalue weighted by atomic mass is 9.85. The standard InChI is InChI=1S/C26H29F3N2O3/c1-16-18(12-31-13-20(14-31)25(32)30-2)5-4-17-10-22(8-9-23(16)17)34-15-19-6-7-21(26(27,28)29)11-24(19)33-3/h6-11,20H,4-5,12-15H2,1-3H3,(H,30,32). The van der Waals surface area contributed by atoms with Crippen molar-refractivity contribution in [2.75, 3.05) is 33.8 Å². The smallest absolute Gasteiger partial charge is 0.416 e. The normalized spacial score (nSPS) is 16.6. The van der Waals surface area contributed by atoms with Crippen LogP contribution in [-0.4, -0.2) is 44.6 Å². The fourth-order valence-corrected chi connectivity index (χ4v) is 4.63. The minimum Gasteiger partial charge on any atom is -0.496 e. The Hall–Kier alpha value is -3.00. The number of hydrogen-bond donors (Lipinski definition) is 1. The van der Waals surface area contributed by atoms with Gasteiger partial charge in [-0.1, -0.05) is 17.7 Å². The Labute approximate surface area is 197 Å². The summed E-state index contributed by atoms with van der Waals surface area (Å²) in [6, 6.07) is 9.38. The van der Waals surface area contributed by atoms with Gasteiger partial charge in [-0.05, 0) is 60.7 Å². The van der Waals surface area contributed by atoms with Gasteiger partial charge in [-0.15, -0.1) is 0 Å². The molecule has 0 radical (unpaired) electrons. The maximum atomic E-state index is 13.0. The molecule has 8 heteroatoms. The average molecular weight is 475 g/mol. The second-order valence-corrected chi connectivity index (χ2v) is 8.87. The van der Waals surface area contributed by atoms with Gasteiger partial charge >= 0.3 is 6.18 Å². The SMILES string of the molecule is CNC(=O)C1CN(CC2=C(C)c3ccc(OCc4ccc(C(F)(F)F)cc4OC)cc3CC2)C1. The summed E-state index contributed by atoms with van der Waals surface area (Å²) in [5.41, 5.74) is 4.86. The molecule has 1 aliphatic carbocycles. The third kappa shape index (κ3) is 5.06. The highest BCUT2D eigenvalue weighted by Gasteiger charge is 2.33. The van der Waals surface area contributed by atoms with Crippen molar-refractivity contribution >= 4 is 11.5 Å². The summed E-state index contributed by atoms with van der Waals surface area (Å²) >= 11 is 0. The Kier molecular flexibility index (Phi) is 6.89. The fourth-order valence-electron chi connectivity index (χ4n) is 4.63. The zero-order valence-corrected chi connectivity index (χ0v) is 19.6. The zero-order valence-electron chi connectivity index (χ0n) is 19.6. The number of carbonyl (C=O) groups is 1. The van der Waals surface area contributed by atoms with Crippen LogP contribution in [0.3, 0.4) is 0 Å². The molecule has 1 aliphatic heterocycles. The van der Waals surface area contributed by atoms with E-state index in [0.717, 1.165) is 44.6 Å². The van der Waals surface area contributed by atoms with Gasteiger partial charge in [-0.25, -0.2) is 0 Å². The third-order valence-corrected chi connectivity index (χ3v) is 6.70. The van der Waals surface area contributed by atoms with Gasteiger partial charge < -0.3 is 14.8 Å². The lowest BCUT2D eigenvalue weighted by Crippen LogP contribution is -2.53. The number of ether oxygens (including phenoxy) is 2. The molecule has 0 atom stereocenters. The first-order valence-electron chi connectivity index (χ1n) is 11.3. The number of halogens is 3. The van der Waals surface area contributed by atoms with E-state index >= 15 is 0 Å². The molecule has 1 N–H and O–H groups in total. The number of amides is 1. The van der Waals surface area contributed by atoms with Crippen LogP contribution in [0, 0.1) is 5.92 Å².